The van der Waals surface area contributed by atoms with Gasteiger partial charge in [0.05, 0.1) is 27.2 Å². The Morgan fingerprint density at radius 2 is 1.84 bits per heavy atom. The minimum Gasteiger partial charge on any atom is -0.452 e. The van der Waals surface area contributed by atoms with Crippen LogP contribution in [0.1, 0.15) is 28.2 Å². The van der Waals surface area contributed by atoms with Crippen LogP contribution in [0.4, 0.5) is 5.69 Å². The lowest BCUT2D eigenvalue weighted by atomic mass is 10.2. The van der Waals surface area contributed by atoms with Crippen LogP contribution in [-0.2, 0) is 19.6 Å². The Balaban J connectivity index is 1.71. The van der Waals surface area contributed by atoms with E-state index in [1.54, 1.807) is 30.3 Å². The Bertz CT molecular complexity index is 1200. The Morgan fingerprint density at radius 1 is 1.12 bits per heavy atom. The molecule has 0 fully saturated rings. The first kappa shape index (κ1) is 23.8. The summed E-state index contributed by atoms with van der Waals surface area (Å²) >= 11 is 7.60. The van der Waals surface area contributed by atoms with Crippen molar-refractivity contribution in [2.24, 2.45) is 0 Å². The molecule has 168 valence electrons. The van der Waals surface area contributed by atoms with E-state index in [1.807, 2.05) is 24.4 Å². The summed E-state index contributed by atoms with van der Waals surface area (Å²) in [6.45, 7) is 1.30. The molecule has 3 rings (SSSR count). The van der Waals surface area contributed by atoms with E-state index in [0.29, 0.717) is 5.69 Å². The Morgan fingerprint density at radius 3 is 2.50 bits per heavy atom. The number of halogens is 1. The number of carbonyl (C=O) groups is 2. The molecule has 1 amide bonds. The van der Waals surface area contributed by atoms with E-state index in [0.717, 1.165) is 15.2 Å². The molecule has 1 unspecified atom stereocenters. The number of ether oxygens (including phenoxy) is 1. The summed E-state index contributed by atoms with van der Waals surface area (Å²) in [5, 5.41) is 4.65. The molecule has 1 aromatic heterocycles. The topological polar surface area (TPSA) is 92.8 Å². The van der Waals surface area contributed by atoms with Gasteiger partial charge in [0.1, 0.15) is 0 Å². The van der Waals surface area contributed by atoms with Gasteiger partial charge in [-0.25, -0.2) is 13.2 Å². The lowest BCUT2D eigenvalue weighted by Crippen LogP contribution is -2.31. The number of amides is 1. The fraction of sp³-hybridized carbons (Fsp3) is 0.182. The number of carbonyl (C=O) groups excluding carboxylic acids is 2. The van der Waals surface area contributed by atoms with Gasteiger partial charge in [0.25, 0.3) is 15.9 Å². The van der Waals surface area contributed by atoms with Crippen LogP contribution in [0.2, 0.25) is 5.02 Å². The zero-order valence-electron chi connectivity index (χ0n) is 17.3. The summed E-state index contributed by atoms with van der Waals surface area (Å²) < 4.78 is 32.1. The second kappa shape index (κ2) is 10.2. The first-order valence-corrected chi connectivity index (χ1v) is 12.2. The molecule has 7 nitrogen and oxygen atoms in total. The number of nitrogens with one attached hydrogen (secondary N) is 1. The number of sulfonamides is 1. The van der Waals surface area contributed by atoms with E-state index < -0.39 is 28.5 Å². The number of para-hydroxylation sites is 1. The standard InChI is InChI=1S/C22H21ClN2O5S2/c1-15(20-9-6-12-31-20)24-21(26)14-30-22(27)18-13-17(10-11-19(18)23)32(28,29)25(2)16-7-4-3-5-8-16/h3-13,15H,14H2,1-2H3,(H,24,26). The van der Waals surface area contributed by atoms with Crippen molar-refractivity contribution in [2.75, 3.05) is 18.0 Å². The molecule has 32 heavy (non-hydrogen) atoms. The molecule has 1 N–H and O–H groups in total. The highest BCUT2D eigenvalue weighted by Gasteiger charge is 2.24. The van der Waals surface area contributed by atoms with Crippen LogP contribution < -0.4 is 9.62 Å². The fourth-order valence-electron chi connectivity index (χ4n) is 2.86. The summed E-state index contributed by atoms with van der Waals surface area (Å²) in [5.41, 5.74) is 0.316. The van der Waals surface area contributed by atoms with Gasteiger partial charge in [-0.3, -0.25) is 9.10 Å². The fourth-order valence-corrected chi connectivity index (χ4v) is 5.01. The van der Waals surface area contributed by atoms with Crippen molar-refractivity contribution >= 4 is 50.5 Å². The monoisotopic (exact) mass is 492 g/mol. The number of nitrogens with zero attached hydrogens (tertiary/aromatic N) is 1. The van der Waals surface area contributed by atoms with Crippen LogP contribution >= 0.6 is 22.9 Å². The van der Waals surface area contributed by atoms with Gasteiger partial charge < -0.3 is 10.1 Å². The van der Waals surface area contributed by atoms with Gasteiger partial charge in [0.2, 0.25) is 0 Å². The number of thiophene rings is 1. The molecule has 3 aromatic rings. The van der Waals surface area contributed by atoms with Gasteiger partial charge in [-0.15, -0.1) is 11.3 Å². The van der Waals surface area contributed by atoms with Gasteiger partial charge in [-0.05, 0) is 48.7 Å². The molecule has 0 aliphatic rings. The molecule has 0 saturated heterocycles. The first-order chi connectivity index (χ1) is 15.2. The number of anilines is 1. The van der Waals surface area contributed by atoms with E-state index in [9.17, 15) is 18.0 Å². The second-order valence-electron chi connectivity index (χ2n) is 6.83. The molecule has 2 aromatic carbocycles. The first-order valence-electron chi connectivity index (χ1n) is 9.53. The molecule has 0 aliphatic heterocycles. The minimum absolute atomic E-state index is 0.0173. The summed E-state index contributed by atoms with van der Waals surface area (Å²) in [5.74, 6) is -1.38. The third-order valence-corrected chi connectivity index (χ3v) is 7.78. The average molecular weight is 493 g/mol. The third kappa shape index (κ3) is 5.48. The van der Waals surface area contributed by atoms with Gasteiger partial charge in [-0.1, -0.05) is 35.9 Å². The second-order valence-corrected chi connectivity index (χ2v) is 10.2. The summed E-state index contributed by atoms with van der Waals surface area (Å²) in [6, 6.07) is 15.8. The zero-order chi connectivity index (χ0) is 23.3. The predicted molar refractivity (Wildman–Crippen MR) is 125 cm³/mol. The summed E-state index contributed by atoms with van der Waals surface area (Å²) in [7, 11) is -2.54. The number of esters is 1. The molecule has 10 heteroatoms. The number of hydrogen-bond donors (Lipinski definition) is 1. The lowest BCUT2D eigenvalue weighted by Gasteiger charge is -2.20. The molecule has 0 saturated carbocycles. The summed E-state index contributed by atoms with van der Waals surface area (Å²) in [4.78, 5) is 25.5. The van der Waals surface area contributed by atoms with E-state index >= 15 is 0 Å². The Kier molecular flexibility index (Phi) is 7.55. The van der Waals surface area contributed by atoms with Crippen LogP contribution in [0.15, 0.2) is 70.9 Å². The van der Waals surface area contributed by atoms with Gasteiger partial charge >= 0.3 is 5.97 Å². The van der Waals surface area contributed by atoms with E-state index in [2.05, 4.69) is 5.32 Å². The highest BCUT2D eigenvalue weighted by Crippen LogP contribution is 2.26. The molecule has 0 aliphatic carbocycles. The maximum Gasteiger partial charge on any atom is 0.340 e. The van der Waals surface area contributed by atoms with Gasteiger partial charge in [-0.2, -0.15) is 0 Å². The highest BCUT2D eigenvalue weighted by atomic mass is 35.5. The van der Waals surface area contributed by atoms with E-state index in [-0.39, 0.29) is 21.5 Å². The van der Waals surface area contributed by atoms with Crippen LogP contribution in [0, 0.1) is 0 Å². The SMILES string of the molecule is CC(NC(=O)COC(=O)c1cc(S(=O)(=O)N(C)c2ccccc2)ccc1Cl)c1cccs1. The van der Waals surface area contributed by atoms with Crippen LogP contribution in [0.5, 0.6) is 0 Å². The largest absolute Gasteiger partial charge is 0.452 e. The maximum absolute atomic E-state index is 13.0. The van der Waals surface area contributed by atoms with E-state index in [1.165, 1.54) is 30.5 Å². The molecule has 1 heterocycles. The molecule has 0 radical (unpaired) electrons. The number of benzene rings is 2. The van der Waals surface area contributed by atoms with Gasteiger partial charge in [0, 0.05) is 11.9 Å². The van der Waals surface area contributed by atoms with Crippen LogP contribution in [0.3, 0.4) is 0 Å². The third-order valence-electron chi connectivity index (χ3n) is 4.62. The lowest BCUT2D eigenvalue weighted by molar-refractivity contribution is -0.124. The van der Waals surface area contributed by atoms with Gasteiger partial charge in [0.15, 0.2) is 6.61 Å². The van der Waals surface area contributed by atoms with E-state index in [4.69, 9.17) is 16.3 Å². The minimum atomic E-state index is -3.95. The smallest absolute Gasteiger partial charge is 0.340 e. The highest BCUT2D eigenvalue weighted by molar-refractivity contribution is 7.92. The molecule has 0 spiro atoms. The number of rotatable bonds is 8. The van der Waals surface area contributed by atoms with Crippen LogP contribution in [0.25, 0.3) is 0 Å². The average Bonchev–Trinajstić information content (AvgIpc) is 3.33. The van der Waals surface area contributed by atoms with Crippen molar-refractivity contribution in [2.45, 2.75) is 17.9 Å². The molecule has 1 atom stereocenters. The number of hydrogen-bond acceptors (Lipinski definition) is 6. The summed E-state index contributed by atoms with van der Waals surface area (Å²) in [6.07, 6.45) is 0. The molecular weight excluding hydrogens is 472 g/mol. The maximum atomic E-state index is 13.0. The van der Waals surface area contributed by atoms with Crippen molar-refractivity contribution in [3.8, 4) is 0 Å². The Hall–Kier alpha value is -2.88. The van der Waals surface area contributed by atoms with Crippen molar-refractivity contribution in [1.29, 1.82) is 0 Å². The molecule has 0 bridgehead atoms. The normalized spacial score (nSPS) is 12.1. The molecular formula is C22H21ClN2O5S2. The van der Waals surface area contributed by atoms with Crippen LogP contribution in [-0.4, -0.2) is 33.9 Å². The zero-order valence-corrected chi connectivity index (χ0v) is 19.7. The Labute approximate surface area is 195 Å². The predicted octanol–water partition coefficient (Wildman–Crippen LogP) is 4.26. The quantitative estimate of drug-likeness (QED) is 0.474. The van der Waals surface area contributed by atoms with Crippen molar-refractivity contribution < 1.29 is 22.7 Å². The van der Waals surface area contributed by atoms with Crippen molar-refractivity contribution in [1.82, 2.24) is 5.32 Å². The van der Waals surface area contributed by atoms with Crippen molar-refractivity contribution in [3.05, 3.63) is 81.5 Å². The van der Waals surface area contributed by atoms with Crippen molar-refractivity contribution in [3.63, 3.8) is 0 Å².